The van der Waals surface area contributed by atoms with Crippen molar-refractivity contribution < 1.29 is 14.3 Å². The van der Waals surface area contributed by atoms with Crippen molar-refractivity contribution in [3.8, 4) is 0 Å². The number of hydrogen-bond acceptors (Lipinski definition) is 3. The van der Waals surface area contributed by atoms with Crippen molar-refractivity contribution in [2.45, 2.75) is 51.4 Å². The van der Waals surface area contributed by atoms with Crippen LogP contribution < -0.4 is 5.32 Å². The molecule has 1 aromatic carbocycles. The van der Waals surface area contributed by atoms with Crippen molar-refractivity contribution in [1.82, 2.24) is 15.2 Å². The van der Waals surface area contributed by atoms with Crippen molar-refractivity contribution in [3.05, 3.63) is 58.9 Å². The fourth-order valence-electron chi connectivity index (χ4n) is 6.04. The van der Waals surface area contributed by atoms with Crippen LogP contribution in [-0.2, 0) is 14.9 Å². The van der Waals surface area contributed by atoms with Gasteiger partial charge >= 0.3 is 0 Å². The molecule has 1 atom stereocenters. The summed E-state index contributed by atoms with van der Waals surface area (Å²) in [5, 5.41) is 3.32. The number of hydrogen-bond donors (Lipinski definition) is 2. The van der Waals surface area contributed by atoms with E-state index in [4.69, 9.17) is 4.74 Å². The van der Waals surface area contributed by atoms with Crippen molar-refractivity contribution in [2.75, 3.05) is 32.8 Å². The van der Waals surface area contributed by atoms with Gasteiger partial charge in [0.1, 0.15) is 5.69 Å². The first-order chi connectivity index (χ1) is 15.9. The summed E-state index contributed by atoms with van der Waals surface area (Å²) in [6.45, 7) is 7.55. The van der Waals surface area contributed by atoms with Gasteiger partial charge in [-0.3, -0.25) is 9.59 Å². The number of ether oxygens (including phenoxy) is 1. The molecule has 1 spiro atoms. The van der Waals surface area contributed by atoms with Crippen LogP contribution in [0.1, 0.15) is 59.4 Å². The molecule has 2 saturated heterocycles. The average molecular weight is 450 g/mol. The highest BCUT2D eigenvalue weighted by atomic mass is 16.5. The van der Waals surface area contributed by atoms with E-state index in [0.717, 1.165) is 69.7 Å². The van der Waals surface area contributed by atoms with Gasteiger partial charge in [-0.05, 0) is 68.6 Å². The van der Waals surface area contributed by atoms with Crippen molar-refractivity contribution in [3.63, 3.8) is 0 Å². The molecular weight excluding hydrogens is 414 g/mol. The lowest BCUT2D eigenvalue weighted by atomic mass is 9.74. The number of rotatable bonds is 5. The van der Waals surface area contributed by atoms with E-state index >= 15 is 0 Å². The smallest absolute Gasteiger partial charge is 0.270 e. The van der Waals surface area contributed by atoms with Gasteiger partial charge in [0.05, 0.1) is 0 Å². The first kappa shape index (κ1) is 22.2. The molecule has 0 bridgehead atoms. The highest BCUT2D eigenvalue weighted by Gasteiger charge is 2.59. The third kappa shape index (κ3) is 4.21. The highest BCUT2D eigenvalue weighted by Crippen LogP contribution is 2.59. The van der Waals surface area contributed by atoms with Crippen LogP contribution >= 0.6 is 0 Å². The van der Waals surface area contributed by atoms with E-state index in [1.807, 2.05) is 30.9 Å². The van der Waals surface area contributed by atoms with Crippen LogP contribution in [0.4, 0.5) is 0 Å². The summed E-state index contributed by atoms with van der Waals surface area (Å²) >= 11 is 0. The second-order valence-corrected chi connectivity index (χ2v) is 10.4. The maximum Gasteiger partial charge on any atom is 0.270 e. The third-order valence-electron chi connectivity index (χ3n) is 8.35. The van der Waals surface area contributed by atoms with E-state index in [0.29, 0.717) is 12.2 Å². The zero-order valence-electron chi connectivity index (χ0n) is 19.8. The Balaban J connectivity index is 1.17. The van der Waals surface area contributed by atoms with Crippen LogP contribution in [0.15, 0.2) is 36.4 Å². The van der Waals surface area contributed by atoms with Gasteiger partial charge < -0.3 is 19.9 Å². The van der Waals surface area contributed by atoms with E-state index in [1.54, 1.807) is 0 Å². The number of aromatic nitrogens is 1. The highest BCUT2D eigenvalue weighted by molar-refractivity contribution is 5.94. The SMILES string of the molecule is Cc1cc(C)c(C(=O)N2CCC3(CC2)C[C@@H]3C(=O)NCC2(c3ccccc3)CCOCC2)[nH]1. The van der Waals surface area contributed by atoms with Crippen LogP contribution in [-0.4, -0.2) is 54.5 Å². The topological polar surface area (TPSA) is 74.4 Å². The van der Waals surface area contributed by atoms with Crippen LogP contribution in [0.25, 0.3) is 0 Å². The summed E-state index contributed by atoms with van der Waals surface area (Å²) in [4.78, 5) is 31.2. The predicted octanol–water partition coefficient (Wildman–Crippen LogP) is 3.74. The fraction of sp³-hybridized carbons (Fsp3) is 0.556. The van der Waals surface area contributed by atoms with Gasteiger partial charge in [0.25, 0.3) is 5.91 Å². The van der Waals surface area contributed by atoms with E-state index in [2.05, 4.69) is 34.6 Å². The number of likely N-dealkylation sites (tertiary alicyclic amines) is 1. The molecule has 1 aliphatic carbocycles. The van der Waals surface area contributed by atoms with Crippen LogP contribution in [0, 0.1) is 25.2 Å². The second kappa shape index (κ2) is 8.64. The number of aromatic amines is 1. The Morgan fingerprint density at radius 2 is 1.79 bits per heavy atom. The molecular formula is C27H35N3O3. The lowest BCUT2D eigenvalue weighted by Crippen LogP contribution is -2.46. The Morgan fingerprint density at radius 3 is 2.42 bits per heavy atom. The third-order valence-corrected chi connectivity index (χ3v) is 8.35. The van der Waals surface area contributed by atoms with Gasteiger partial charge in [0.15, 0.2) is 0 Å². The van der Waals surface area contributed by atoms with Gasteiger partial charge in [0, 0.05) is 49.9 Å². The number of benzene rings is 1. The molecule has 3 heterocycles. The minimum atomic E-state index is -0.0426. The number of nitrogens with one attached hydrogen (secondary N) is 2. The monoisotopic (exact) mass is 449 g/mol. The van der Waals surface area contributed by atoms with Gasteiger partial charge in [-0.2, -0.15) is 0 Å². The Labute approximate surface area is 196 Å². The summed E-state index contributed by atoms with van der Waals surface area (Å²) in [6, 6.07) is 12.6. The lowest BCUT2D eigenvalue weighted by Gasteiger charge is -2.38. The zero-order chi connectivity index (χ0) is 23.1. The second-order valence-electron chi connectivity index (χ2n) is 10.4. The first-order valence-electron chi connectivity index (χ1n) is 12.3. The molecule has 2 amide bonds. The van der Waals surface area contributed by atoms with Crippen LogP contribution in [0.3, 0.4) is 0 Å². The summed E-state index contributed by atoms with van der Waals surface area (Å²) in [5.74, 6) is 0.353. The molecule has 5 rings (SSSR count). The Hall–Kier alpha value is -2.60. The number of H-pyrrole nitrogens is 1. The lowest BCUT2D eigenvalue weighted by molar-refractivity contribution is -0.123. The molecule has 1 aromatic heterocycles. The zero-order valence-corrected chi connectivity index (χ0v) is 19.8. The number of nitrogens with zero attached hydrogens (tertiary/aromatic N) is 1. The molecule has 2 aromatic rings. The Bertz CT molecular complexity index is 1010. The molecule has 176 valence electrons. The van der Waals surface area contributed by atoms with Gasteiger partial charge in [0.2, 0.25) is 5.91 Å². The Kier molecular flexibility index (Phi) is 5.81. The quantitative estimate of drug-likeness (QED) is 0.730. The van der Waals surface area contributed by atoms with Crippen molar-refractivity contribution >= 4 is 11.8 Å². The number of piperidine rings is 1. The maximum atomic E-state index is 13.2. The molecule has 3 aliphatic rings. The molecule has 1 saturated carbocycles. The van der Waals surface area contributed by atoms with Gasteiger partial charge in [-0.1, -0.05) is 30.3 Å². The summed E-state index contributed by atoms with van der Waals surface area (Å²) in [6.07, 6.45) is 4.63. The van der Waals surface area contributed by atoms with Crippen LogP contribution in [0.5, 0.6) is 0 Å². The summed E-state index contributed by atoms with van der Waals surface area (Å²) in [5.41, 5.74) is 4.05. The number of carbonyl (C=O) groups excluding carboxylic acids is 2. The van der Waals surface area contributed by atoms with Gasteiger partial charge in [-0.15, -0.1) is 0 Å². The predicted molar refractivity (Wildman–Crippen MR) is 127 cm³/mol. The number of aryl methyl sites for hydroxylation is 2. The maximum absolute atomic E-state index is 13.2. The average Bonchev–Trinajstić information content (AvgIpc) is 3.43. The van der Waals surface area contributed by atoms with Crippen LogP contribution in [0.2, 0.25) is 0 Å². The van der Waals surface area contributed by atoms with Crippen molar-refractivity contribution in [2.24, 2.45) is 11.3 Å². The standard InChI is InChI=1S/C27H35N3O3/c1-19-16-20(2)29-23(19)25(32)30-12-8-26(9-13-30)17-22(26)24(31)28-18-27(10-14-33-15-11-27)21-6-4-3-5-7-21/h3-7,16,22,29H,8-15,17-18H2,1-2H3,(H,28,31)/t22-/m1/s1. The number of carbonyl (C=O) groups is 2. The number of amides is 2. The normalized spacial score (nSPS) is 23.3. The molecule has 0 radical (unpaired) electrons. The van der Waals surface area contributed by atoms with E-state index < -0.39 is 0 Å². The van der Waals surface area contributed by atoms with E-state index in [9.17, 15) is 9.59 Å². The van der Waals surface area contributed by atoms with Gasteiger partial charge in [-0.25, -0.2) is 0 Å². The fourth-order valence-corrected chi connectivity index (χ4v) is 6.04. The van der Waals surface area contributed by atoms with Crippen molar-refractivity contribution in [1.29, 1.82) is 0 Å². The molecule has 6 heteroatoms. The molecule has 33 heavy (non-hydrogen) atoms. The molecule has 0 unspecified atom stereocenters. The van der Waals surface area contributed by atoms with E-state index in [1.165, 1.54) is 5.56 Å². The minimum absolute atomic E-state index is 0.0426. The molecule has 2 N–H and O–H groups in total. The largest absolute Gasteiger partial charge is 0.381 e. The molecule has 6 nitrogen and oxygen atoms in total. The Morgan fingerprint density at radius 1 is 1.09 bits per heavy atom. The first-order valence-corrected chi connectivity index (χ1v) is 12.3. The van der Waals surface area contributed by atoms with E-state index in [-0.39, 0.29) is 28.6 Å². The summed E-state index contributed by atoms with van der Waals surface area (Å²) < 4.78 is 5.63. The summed E-state index contributed by atoms with van der Waals surface area (Å²) in [7, 11) is 0. The molecule has 3 fully saturated rings. The molecule has 2 aliphatic heterocycles. The minimum Gasteiger partial charge on any atom is -0.381 e.